The van der Waals surface area contributed by atoms with E-state index in [0.29, 0.717) is 16.9 Å². The molecule has 0 radical (unpaired) electrons. The number of methoxy groups -OCH3 is 1. The number of halogens is 1. The molecule has 1 aliphatic carbocycles. The first-order valence-electron chi connectivity index (χ1n) is 10.6. The Morgan fingerprint density at radius 1 is 0.943 bits per heavy atom. The monoisotopic (exact) mass is 544 g/mol. The Hall–Kier alpha value is -3.43. The summed E-state index contributed by atoms with van der Waals surface area (Å²) in [6, 6.07) is 5.32. The first-order valence-corrected chi connectivity index (χ1v) is 11.4. The van der Waals surface area contributed by atoms with Crippen molar-refractivity contribution in [3.05, 3.63) is 74.0 Å². The average Bonchev–Trinajstić information content (AvgIpc) is 2.76. The van der Waals surface area contributed by atoms with Crippen LogP contribution >= 0.6 is 15.9 Å². The molecule has 0 unspecified atom stereocenters. The van der Waals surface area contributed by atoms with Gasteiger partial charge < -0.3 is 24.4 Å². The molecule has 0 spiro atoms. The van der Waals surface area contributed by atoms with Gasteiger partial charge in [0.15, 0.2) is 11.5 Å². The molecular formula is C26H25BrO8. The van der Waals surface area contributed by atoms with Gasteiger partial charge >= 0.3 is 11.9 Å². The Balaban J connectivity index is 2.00. The van der Waals surface area contributed by atoms with Gasteiger partial charge in [0.1, 0.15) is 27.3 Å². The highest BCUT2D eigenvalue weighted by molar-refractivity contribution is 9.10. The van der Waals surface area contributed by atoms with Crippen LogP contribution in [0.3, 0.4) is 0 Å². The second-order valence-electron chi connectivity index (χ2n) is 8.37. The van der Waals surface area contributed by atoms with E-state index in [1.165, 1.54) is 14.0 Å². The van der Waals surface area contributed by atoms with Crippen molar-refractivity contribution in [2.45, 2.75) is 40.2 Å². The van der Waals surface area contributed by atoms with E-state index in [4.69, 9.17) is 14.2 Å². The van der Waals surface area contributed by atoms with E-state index in [9.17, 15) is 24.6 Å². The number of rotatable bonds is 5. The molecule has 35 heavy (non-hydrogen) atoms. The van der Waals surface area contributed by atoms with Gasteiger partial charge in [-0.25, -0.2) is 9.59 Å². The Kier molecular flexibility index (Phi) is 7.23. The molecule has 1 atom stereocenters. The molecule has 0 aliphatic heterocycles. The highest BCUT2D eigenvalue weighted by Gasteiger charge is 2.48. The maximum atomic E-state index is 13.1. The number of phenols is 1. The van der Waals surface area contributed by atoms with Crippen LogP contribution in [0.1, 0.15) is 39.5 Å². The van der Waals surface area contributed by atoms with E-state index in [2.05, 4.69) is 15.9 Å². The minimum absolute atomic E-state index is 0.00946. The third-order valence-corrected chi connectivity index (χ3v) is 6.54. The number of carbonyl (C=O) groups excluding carboxylic acids is 3. The lowest BCUT2D eigenvalue weighted by atomic mass is 9.87. The predicted octanol–water partition coefficient (Wildman–Crippen LogP) is 4.30. The second-order valence-corrected chi connectivity index (χ2v) is 9.17. The van der Waals surface area contributed by atoms with Crippen molar-refractivity contribution >= 4 is 33.7 Å². The van der Waals surface area contributed by atoms with Gasteiger partial charge in [0.25, 0.3) is 0 Å². The Morgan fingerprint density at radius 3 is 2.11 bits per heavy atom. The van der Waals surface area contributed by atoms with Gasteiger partial charge in [-0.3, -0.25) is 4.79 Å². The molecule has 0 saturated carbocycles. The largest absolute Gasteiger partial charge is 0.506 e. The van der Waals surface area contributed by atoms with Crippen molar-refractivity contribution in [1.29, 1.82) is 0 Å². The van der Waals surface area contributed by atoms with Crippen molar-refractivity contribution in [2.75, 3.05) is 7.11 Å². The van der Waals surface area contributed by atoms with Crippen LogP contribution in [0.5, 0.6) is 17.2 Å². The summed E-state index contributed by atoms with van der Waals surface area (Å²) in [6.45, 7) is 8.28. The van der Waals surface area contributed by atoms with Gasteiger partial charge in [0.2, 0.25) is 5.60 Å². The van der Waals surface area contributed by atoms with Crippen LogP contribution in [-0.4, -0.2) is 40.6 Å². The smallest absolute Gasteiger partial charge is 0.356 e. The number of hydrogen-bond acceptors (Lipinski definition) is 8. The molecule has 0 bridgehead atoms. The fraction of sp³-hybridized carbons (Fsp3) is 0.269. The Morgan fingerprint density at radius 2 is 1.54 bits per heavy atom. The van der Waals surface area contributed by atoms with E-state index < -0.39 is 29.1 Å². The van der Waals surface area contributed by atoms with E-state index >= 15 is 0 Å². The summed E-state index contributed by atoms with van der Waals surface area (Å²) in [6.07, 6.45) is 2.09. The molecule has 2 aromatic rings. The number of phenolic OH excluding ortho intramolecular Hbond substituents is 1. The molecule has 2 aromatic carbocycles. The normalized spacial score (nSPS) is 17.4. The molecule has 0 fully saturated rings. The molecule has 2 N–H and O–H groups in total. The predicted molar refractivity (Wildman–Crippen MR) is 131 cm³/mol. The number of ketones is 1. The van der Waals surface area contributed by atoms with E-state index in [1.807, 2.05) is 19.9 Å². The van der Waals surface area contributed by atoms with Gasteiger partial charge in [0, 0.05) is 6.08 Å². The summed E-state index contributed by atoms with van der Waals surface area (Å²) in [4.78, 5) is 37.8. The highest BCUT2D eigenvalue weighted by atomic mass is 79.9. The Labute approximate surface area is 210 Å². The average molecular weight is 545 g/mol. The zero-order valence-corrected chi connectivity index (χ0v) is 21.7. The van der Waals surface area contributed by atoms with Crippen LogP contribution < -0.4 is 9.47 Å². The summed E-state index contributed by atoms with van der Waals surface area (Å²) in [5.74, 6) is -2.97. The molecule has 0 heterocycles. The number of esters is 2. The molecule has 0 aromatic heterocycles. The summed E-state index contributed by atoms with van der Waals surface area (Å²) in [7, 11) is 1.21. The number of carbonyl (C=O) groups is 3. The zero-order chi connectivity index (χ0) is 26.2. The lowest BCUT2D eigenvalue weighted by molar-refractivity contribution is -0.151. The van der Waals surface area contributed by atoms with Gasteiger partial charge in [-0.2, -0.15) is 0 Å². The topological polar surface area (TPSA) is 119 Å². The minimum atomic E-state index is -2.35. The first kappa shape index (κ1) is 26.2. The van der Waals surface area contributed by atoms with Crippen molar-refractivity contribution in [3.8, 4) is 17.2 Å². The molecule has 3 rings (SSSR count). The number of hydrogen-bond donors (Lipinski definition) is 2. The molecule has 184 valence electrons. The lowest BCUT2D eigenvalue weighted by Gasteiger charge is -2.30. The third-order valence-electron chi connectivity index (χ3n) is 5.80. The number of allylic oxidation sites excluding steroid dienone is 2. The molecular weight excluding hydrogens is 520 g/mol. The quantitative estimate of drug-likeness (QED) is 0.422. The maximum absolute atomic E-state index is 13.1. The standard InChI is InChI=1S/C26H25BrO8/c1-12-7-13(2)9-18(8-12)34-24(30)20-15(4)16(5)23(21(27)22(20)29)35-25(31)26(32)14(3)10-17(28)11-19(26)33-6/h7-11,29,32H,1-6H3/t26-/m1/s1. The van der Waals surface area contributed by atoms with Crippen LogP contribution in [0.4, 0.5) is 0 Å². The highest BCUT2D eigenvalue weighted by Crippen LogP contribution is 2.43. The fourth-order valence-electron chi connectivity index (χ4n) is 3.86. The third kappa shape index (κ3) is 4.74. The summed E-state index contributed by atoms with van der Waals surface area (Å²) < 4.78 is 16.0. The number of benzene rings is 2. The summed E-state index contributed by atoms with van der Waals surface area (Å²) in [5, 5.41) is 21.9. The van der Waals surface area contributed by atoms with Crippen molar-refractivity contribution in [3.63, 3.8) is 0 Å². The fourth-order valence-corrected chi connectivity index (χ4v) is 4.44. The van der Waals surface area contributed by atoms with E-state index in [0.717, 1.165) is 23.3 Å². The minimum Gasteiger partial charge on any atom is -0.506 e. The van der Waals surface area contributed by atoms with Gasteiger partial charge in [-0.1, -0.05) is 6.07 Å². The number of aromatic hydroxyl groups is 1. The maximum Gasteiger partial charge on any atom is 0.356 e. The lowest BCUT2D eigenvalue weighted by Crippen LogP contribution is -2.47. The summed E-state index contributed by atoms with van der Waals surface area (Å²) in [5.41, 5.74) is 0.0191. The number of aliphatic hydroxyl groups is 1. The molecule has 1 aliphatic rings. The van der Waals surface area contributed by atoms with Crippen LogP contribution in [0, 0.1) is 27.7 Å². The van der Waals surface area contributed by atoms with Crippen LogP contribution in [0.2, 0.25) is 0 Å². The number of aryl methyl sites for hydroxylation is 2. The van der Waals surface area contributed by atoms with E-state index in [1.54, 1.807) is 26.0 Å². The van der Waals surface area contributed by atoms with Crippen molar-refractivity contribution < 1.29 is 38.8 Å². The summed E-state index contributed by atoms with van der Waals surface area (Å²) >= 11 is 3.19. The van der Waals surface area contributed by atoms with Gasteiger partial charge in [0.05, 0.1) is 7.11 Å². The van der Waals surface area contributed by atoms with Gasteiger partial charge in [-0.15, -0.1) is 0 Å². The molecule has 0 saturated heterocycles. The molecule has 8 nitrogen and oxygen atoms in total. The second kappa shape index (κ2) is 9.67. The molecule has 9 heteroatoms. The zero-order valence-electron chi connectivity index (χ0n) is 20.1. The SMILES string of the molecule is COC1=CC(=O)C=C(C)[C@]1(O)C(=O)Oc1c(C)c(C)c(C(=O)Oc2cc(C)cc(C)c2)c(O)c1Br. The van der Waals surface area contributed by atoms with Crippen LogP contribution in [0.25, 0.3) is 0 Å². The van der Waals surface area contributed by atoms with E-state index in [-0.39, 0.29) is 27.1 Å². The first-order chi connectivity index (χ1) is 16.3. The van der Waals surface area contributed by atoms with Crippen LogP contribution in [0.15, 0.2) is 46.2 Å². The molecule has 0 amide bonds. The number of ether oxygens (including phenoxy) is 3. The van der Waals surface area contributed by atoms with Crippen molar-refractivity contribution in [1.82, 2.24) is 0 Å². The Bertz CT molecular complexity index is 1270. The van der Waals surface area contributed by atoms with Crippen molar-refractivity contribution in [2.24, 2.45) is 0 Å². The van der Waals surface area contributed by atoms with Crippen LogP contribution in [-0.2, 0) is 14.3 Å². The van der Waals surface area contributed by atoms with Gasteiger partial charge in [-0.05, 0) is 96.6 Å².